The first-order valence-electron chi connectivity index (χ1n) is 7.00. The molecule has 3 aromatic rings. The van der Waals surface area contributed by atoms with Crippen LogP contribution in [0.5, 0.6) is 0 Å². The van der Waals surface area contributed by atoms with Crippen molar-refractivity contribution in [1.29, 1.82) is 0 Å². The zero-order valence-corrected chi connectivity index (χ0v) is 12.7. The van der Waals surface area contributed by atoms with E-state index in [9.17, 15) is 18.4 Å². The van der Waals surface area contributed by atoms with Gasteiger partial charge >= 0.3 is 11.9 Å². The Morgan fingerprint density at radius 1 is 0.692 bits per heavy atom. The molecule has 1 aromatic heterocycles. The first-order chi connectivity index (χ1) is 12.4. The van der Waals surface area contributed by atoms with Gasteiger partial charge in [-0.2, -0.15) is 0 Å². The Balaban J connectivity index is 1.92. The van der Waals surface area contributed by atoms with Crippen molar-refractivity contribution in [3.8, 4) is 22.8 Å². The van der Waals surface area contributed by atoms with Gasteiger partial charge in [0.05, 0.1) is 11.1 Å². The Labute approximate surface area is 143 Å². The highest BCUT2D eigenvalue weighted by atomic mass is 19.1. The summed E-state index contributed by atoms with van der Waals surface area (Å²) >= 11 is 0. The quantitative estimate of drug-likeness (QED) is 0.727. The van der Waals surface area contributed by atoms with Crippen LogP contribution in [0, 0.1) is 11.6 Å². The first-order valence-corrected chi connectivity index (χ1v) is 7.00. The molecule has 0 atom stereocenters. The highest BCUT2D eigenvalue weighted by Gasteiger charge is 2.15. The summed E-state index contributed by atoms with van der Waals surface area (Å²) in [5, 5.41) is 32.6. The number of carboxylic acid groups (broad SMARTS) is 2. The van der Waals surface area contributed by atoms with Crippen molar-refractivity contribution in [2.75, 3.05) is 0 Å². The van der Waals surface area contributed by atoms with Crippen LogP contribution in [-0.2, 0) is 0 Å². The second-order valence-electron chi connectivity index (χ2n) is 5.05. The van der Waals surface area contributed by atoms with E-state index in [1.54, 1.807) is 0 Å². The van der Waals surface area contributed by atoms with Crippen LogP contribution in [0.4, 0.5) is 8.78 Å². The summed E-state index contributed by atoms with van der Waals surface area (Å²) in [6, 6.07) is 6.58. The predicted octanol–water partition coefficient (Wildman–Crippen LogP) is 2.28. The number of carboxylic acids is 2. The van der Waals surface area contributed by atoms with Crippen molar-refractivity contribution in [2.24, 2.45) is 0 Å². The summed E-state index contributed by atoms with van der Waals surface area (Å²) in [5.41, 5.74) is -0.682. The monoisotopic (exact) mass is 358 g/mol. The number of hydrogen-bond acceptors (Lipinski definition) is 6. The van der Waals surface area contributed by atoms with E-state index in [1.807, 2.05) is 0 Å². The van der Waals surface area contributed by atoms with E-state index in [0.29, 0.717) is 0 Å². The standard InChI is InChI=1S/C16H8F2N4O4/c17-11-5-7(1-3-9(11)15(23)24)13-19-21-14(22-20-13)8-2-4-10(16(25)26)12(18)6-8/h1-6H,(H,23,24)(H,25,26). The van der Waals surface area contributed by atoms with Crippen molar-refractivity contribution in [3.63, 3.8) is 0 Å². The van der Waals surface area contributed by atoms with E-state index in [-0.39, 0.29) is 22.8 Å². The molecule has 10 heteroatoms. The fourth-order valence-corrected chi connectivity index (χ4v) is 2.12. The van der Waals surface area contributed by atoms with Gasteiger partial charge in [0.25, 0.3) is 0 Å². The third-order valence-corrected chi connectivity index (χ3v) is 3.39. The lowest BCUT2D eigenvalue weighted by atomic mass is 10.1. The van der Waals surface area contributed by atoms with Crippen molar-refractivity contribution in [3.05, 3.63) is 59.2 Å². The lowest BCUT2D eigenvalue weighted by molar-refractivity contribution is 0.0680. The lowest BCUT2D eigenvalue weighted by Crippen LogP contribution is -2.04. The number of halogens is 2. The topological polar surface area (TPSA) is 126 Å². The van der Waals surface area contributed by atoms with Crippen LogP contribution < -0.4 is 0 Å². The van der Waals surface area contributed by atoms with Crippen LogP contribution in [0.3, 0.4) is 0 Å². The van der Waals surface area contributed by atoms with E-state index in [0.717, 1.165) is 24.3 Å². The molecule has 0 bridgehead atoms. The summed E-state index contributed by atoms with van der Waals surface area (Å²) < 4.78 is 27.4. The molecule has 0 aliphatic carbocycles. The highest BCUT2D eigenvalue weighted by molar-refractivity contribution is 5.89. The summed E-state index contributed by atoms with van der Waals surface area (Å²) in [4.78, 5) is 21.6. The molecule has 1 heterocycles. The van der Waals surface area contributed by atoms with Gasteiger partial charge in [0.1, 0.15) is 11.6 Å². The molecule has 2 N–H and O–H groups in total. The Morgan fingerprint density at radius 2 is 1.04 bits per heavy atom. The first kappa shape index (κ1) is 17.0. The molecule has 0 saturated carbocycles. The van der Waals surface area contributed by atoms with Crippen LogP contribution in [-0.4, -0.2) is 42.5 Å². The second kappa shape index (κ2) is 6.59. The van der Waals surface area contributed by atoms with Gasteiger partial charge in [0, 0.05) is 11.1 Å². The molecule has 2 aromatic carbocycles. The molecule has 0 aliphatic heterocycles. The Hall–Kier alpha value is -3.82. The van der Waals surface area contributed by atoms with Gasteiger partial charge in [-0.3, -0.25) is 0 Å². The number of carbonyl (C=O) groups is 2. The maximum absolute atomic E-state index is 13.7. The Bertz CT molecular complexity index is 943. The lowest BCUT2D eigenvalue weighted by Gasteiger charge is -2.03. The van der Waals surface area contributed by atoms with E-state index in [4.69, 9.17) is 10.2 Å². The maximum atomic E-state index is 13.7. The zero-order valence-electron chi connectivity index (χ0n) is 12.7. The molecule has 0 fully saturated rings. The minimum Gasteiger partial charge on any atom is -0.478 e. The third kappa shape index (κ3) is 3.20. The molecule has 8 nitrogen and oxygen atoms in total. The number of benzene rings is 2. The van der Waals surface area contributed by atoms with E-state index >= 15 is 0 Å². The molecule has 0 radical (unpaired) electrons. The van der Waals surface area contributed by atoms with Gasteiger partial charge in [-0.15, -0.1) is 20.4 Å². The molecule has 0 unspecified atom stereocenters. The number of nitrogens with zero attached hydrogens (tertiary/aromatic N) is 4. The van der Waals surface area contributed by atoms with Gasteiger partial charge in [0.2, 0.25) is 11.6 Å². The fourth-order valence-electron chi connectivity index (χ4n) is 2.12. The van der Waals surface area contributed by atoms with Crippen LogP contribution in [0.1, 0.15) is 20.7 Å². The Kier molecular flexibility index (Phi) is 4.31. The molecule has 26 heavy (non-hydrogen) atoms. The second-order valence-corrected chi connectivity index (χ2v) is 5.05. The number of aromatic carboxylic acids is 2. The minimum absolute atomic E-state index is 0.0628. The van der Waals surface area contributed by atoms with Crippen molar-refractivity contribution < 1.29 is 28.6 Å². The van der Waals surface area contributed by atoms with Gasteiger partial charge in [-0.1, -0.05) is 0 Å². The van der Waals surface area contributed by atoms with Crippen molar-refractivity contribution in [2.45, 2.75) is 0 Å². The number of aromatic nitrogens is 4. The van der Waals surface area contributed by atoms with Gasteiger partial charge in [0.15, 0.2) is 0 Å². The van der Waals surface area contributed by atoms with Crippen LogP contribution in [0.15, 0.2) is 36.4 Å². The summed E-state index contributed by atoms with van der Waals surface area (Å²) in [7, 11) is 0. The van der Waals surface area contributed by atoms with Crippen molar-refractivity contribution >= 4 is 11.9 Å². The molecule has 0 aliphatic rings. The van der Waals surface area contributed by atoms with Crippen LogP contribution in [0.2, 0.25) is 0 Å². The van der Waals surface area contributed by atoms with E-state index in [2.05, 4.69) is 20.4 Å². The van der Waals surface area contributed by atoms with Gasteiger partial charge in [-0.05, 0) is 36.4 Å². The zero-order chi connectivity index (χ0) is 18.8. The van der Waals surface area contributed by atoms with Gasteiger partial charge < -0.3 is 10.2 Å². The third-order valence-electron chi connectivity index (χ3n) is 3.39. The SMILES string of the molecule is O=C(O)c1ccc(-c2nnc(-c3ccc(C(=O)O)c(F)c3)nn2)cc1F. The maximum Gasteiger partial charge on any atom is 0.338 e. The van der Waals surface area contributed by atoms with Crippen LogP contribution >= 0.6 is 0 Å². The highest BCUT2D eigenvalue weighted by Crippen LogP contribution is 2.20. The molecule has 0 saturated heterocycles. The van der Waals surface area contributed by atoms with Crippen LogP contribution in [0.25, 0.3) is 22.8 Å². The average Bonchev–Trinajstić information content (AvgIpc) is 2.61. The molecule has 0 amide bonds. The molecule has 3 rings (SSSR count). The summed E-state index contributed by atoms with van der Waals surface area (Å²) in [6.07, 6.45) is 0. The molecular weight excluding hydrogens is 350 g/mol. The molecular formula is C16H8F2N4O4. The number of rotatable bonds is 4. The fraction of sp³-hybridized carbons (Fsp3) is 0. The predicted molar refractivity (Wildman–Crippen MR) is 82.3 cm³/mol. The smallest absolute Gasteiger partial charge is 0.338 e. The Morgan fingerprint density at radius 3 is 1.31 bits per heavy atom. The number of hydrogen-bond donors (Lipinski definition) is 2. The summed E-state index contributed by atoms with van der Waals surface area (Å²) in [6.45, 7) is 0. The van der Waals surface area contributed by atoms with E-state index < -0.39 is 34.7 Å². The average molecular weight is 358 g/mol. The summed E-state index contributed by atoms with van der Waals surface area (Å²) in [5.74, 6) is -4.87. The normalized spacial score (nSPS) is 10.5. The largest absolute Gasteiger partial charge is 0.478 e. The molecule has 0 spiro atoms. The van der Waals surface area contributed by atoms with Crippen molar-refractivity contribution in [1.82, 2.24) is 20.4 Å². The van der Waals surface area contributed by atoms with E-state index in [1.165, 1.54) is 12.1 Å². The van der Waals surface area contributed by atoms with Gasteiger partial charge in [-0.25, -0.2) is 18.4 Å². The minimum atomic E-state index is -1.41. The molecule has 130 valence electrons.